The molecule has 2 aromatic carbocycles. The molecule has 0 bridgehead atoms. The molecule has 2 aliphatic rings. The molecule has 5 N–H and O–H groups in total. The standard InChI is InChI=1S/C19H21N3O2/c20-16-10-23-18(16)14-7-5-13(6-8-14)17(21)12-3-1-11(2-4-12)15-9-24-19(15)22/h1-8,15-16,18-19,21H,9-10,20,22H2. The van der Waals surface area contributed by atoms with Crippen molar-refractivity contribution in [2.24, 2.45) is 11.5 Å². The molecule has 2 fully saturated rings. The molecule has 124 valence electrons. The molecular formula is C19H21N3O2. The van der Waals surface area contributed by atoms with Gasteiger partial charge in [-0.05, 0) is 11.1 Å². The summed E-state index contributed by atoms with van der Waals surface area (Å²) in [5.74, 6) is 0.263. The first-order valence-corrected chi connectivity index (χ1v) is 8.17. The van der Waals surface area contributed by atoms with Crippen LogP contribution in [0, 0.1) is 5.41 Å². The molecule has 0 aliphatic carbocycles. The highest BCUT2D eigenvalue weighted by Crippen LogP contribution is 2.30. The van der Waals surface area contributed by atoms with E-state index >= 15 is 0 Å². The first kappa shape index (κ1) is 15.5. The van der Waals surface area contributed by atoms with Crippen LogP contribution in [0.15, 0.2) is 48.5 Å². The highest BCUT2D eigenvalue weighted by molar-refractivity contribution is 6.10. The van der Waals surface area contributed by atoms with Crippen LogP contribution in [0.3, 0.4) is 0 Å². The van der Waals surface area contributed by atoms with E-state index < -0.39 is 0 Å². The number of hydrogen-bond donors (Lipinski definition) is 3. The SMILES string of the molecule is N=C(c1ccc(C2COC2N)cc1)c1ccc(C2OCC2N)cc1. The lowest BCUT2D eigenvalue weighted by molar-refractivity contribution is -0.0751. The number of hydrogen-bond acceptors (Lipinski definition) is 5. The van der Waals surface area contributed by atoms with Gasteiger partial charge in [0, 0.05) is 17.0 Å². The Hall–Kier alpha value is -2.05. The predicted octanol–water partition coefficient (Wildman–Crippen LogP) is 1.90. The van der Waals surface area contributed by atoms with Crippen LogP contribution < -0.4 is 11.5 Å². The van der Waals surface area contributed by atoms with Gasteiger partial charge in [0.05, 0.1) is 31.1 Å². The number of ether oxygens (including phenoxy) is 2. The summed E-state index contributed by atoms with van der Waals surface area (Å²) in [6, 6.07) is 16.0. The molecule has 0 aromatic heterocycles. The second kappa shape index (κ2) is 6.11. The van der Waals surface area contributed by atoms with E-state index in [0.29, 0.717) is 18.9 Å². The third kappa shape index (κ3) is 2.65. The van der Waals surface area contributed by atoms with Gasteiger partial charge in [0.25, 0.3) is 0 Å². The fourth-order valence-corrected chi connectivity index (χ4v) is 3.14. The molecule has 2 aromatic rings. The van der Waals surface area contributed by atoms with Crippen molar-refractivity contribution in [1.29, 1.82) is 5.41 Å². The molecule has 2 aliphatic heterocycles. The average Bonchev–Trinajstić information content (AvgIpc) is 2.60. The maximum absolute atomic E-state index is 8.42. The molecule has 0 amide bonds. The van der Waals surface area contributed by atoms with E-state index in [4.69, 9.17) is 26.4 Å². The average molecular weight is 323 g/mol. The lowest BCUT2D eigenvalue weighted by Gasteiger charge is -2.34. The molecule has 24 heavy (non-hydrogen) atoms. The highest BCUT2D eigenvalue weighted by atomic mass is 16.5. The molecule has 2 heterocycles. The fourth-order valence-electron chi connectivity index (χ4n) is 3.14. The summed E-state index contributed by atoms with van der Waals surface area (Å²) in [7, 11) is 0. The normalized spacial score (nSPS) is 28.8. The summed E-state index contributed by atoms with van der Waals surface area (Å²) in [5, 5.41) is 8.42. The molecular weight excluding hydrogens is 302 g/mol. The van der Waals surface area contributed by atoms with Crippen molar-refractivity contribution in [3.8, 4) is 0 Å². The van der Waals surface area contributed by atoms with Crippen molar-refractivity contribution in [2.45, 2.75) is 24.3 Å². The number of nitrogens with one attached hydrogen (secondary N) is 1. The van der Waals surface area contributed by atoms with E-state index in [1.54, 1.807) is 0 Å². The van der Waals surface area contributed by atoms with Gasteiger partial charge in [-0.15, -0.1) is 0 Å². The maximum Gasteiger partial charge on any atom is 0.114 e. The second-order valence-corrected chi connectivity index (χ2v) is 6.44. The van der Waals surface area contributed by atoms with Crippen LogP contribution in [-0.4, -0.2) is 31.2 Å². The van der Waals surface area contributed by atoms with Gasteiger partial charge in [0.2, 0.25) is 0 Å². The van der Waals surface area contributed by atoms with Gasteiger partial charge >= 0.3 is 0 Å². The summed E-state index contributed by atoms with van der Waals surface area (Å²) < 4.78 is 10.7. The number of nitrogens with two attached hydrogens (primary N) is 2. The van der Waals surface area contributed by atoms with Gasteiger partial charge in [-0.1, -0.05) is 48.5 Å². The van der Waals surface area contributed by atoms with Gasteiger partial charge in [-0.2, -0.15) is 0 Å². The Bertz CT molecular complexity index is 679. The second-order valence-electron chi connectivity index (χ2n) is 6.44. The number of rotatable bonds is 4. The molecule has 5 nitrogen and oxygen atoms in total. The van der Waals surface area contributed by atoms with Gasteiger partial charge < -0.3 is 20.9 Å². The van der Waals surface area contributed by atoms with Gasteiger partial charge in [0.15, 0.2) is 0 Å². The van der Waals surface area contributed by atoms with Gasteiger partial charge in [0.1, 0.15) is 6.23 Å². The molecule has 4 unspecified atom stereocenters. The Morgan fingerprint density at radius 3 is 1.79 bits per heavy atom. The zero-order valence-electron chi connectivity index (χ0n) is 13.3. The van der Waals surface area contributed by atoms with E-state index in [-0.39, 0.29) is 24.3 Å². The van der Waals surface area contributed by atoms with Gasteiger partial charge in [-0.3, -0.25) is 5.41 Å². The summed E-state index contributed by atoms with van der Waals surface area (Å²) in [4.78, 5) is 0. The Labute approximate surface area is 141 Å². The zero-order valence-corrected chi connectivity index (χ0v) is 13.3. The van der Waals surface area contributed by atoms with E-state index in [9.17, 15) is 0 Å². The summed E-state index contributed by atoms with van der Waals surface area (Å²) in [6.07, 6.45) is -0.218. The molecule has 0 radical (unpaired) electrons. The molecule has 4 rings (SSSR count). The highest BCUT2D eigenvalue weighted by Gasteiger charge is 2.30. The summed E-state index contributed by atoms with van der Waals surface area (Å²) >= 11 is 0. The summed E-state index contributed by atoms with van der Waals surface area (Å²) in [6.45, 7) is 1.29. The number of benzene rings is 2. The maximum atomic E-state index is 8.42. The van der Waals surface area contributed by atoms with Crippen molar-refractivity contribution in [1.82, 2.24) is 0 Å². The van der Waals surface area contributed by atoms with Crippen LogP contribution in [0.2, 0.25) is 0 Å². The van der Waals surface area contributed by atoms with E-state index in [0.717, 1.165) is 22.3 Å². The van der Waals surface area contributed by atoms with Crippen molar-refractivity contribution in [3.05, 3.63) is 70.8 Å². The van der Waals surface area contributed by atoms with E-state index in [1.807, 2.05) is 48.5 Å². The van der Waals surface area contributed by atoms with Crippen LogP contribution >= 0.6 is 0 Å². The monoisotopic (exact) mass is 323 g/mol. The Kier molecular flexibility index (Phi) is 3.94. The lowest BCUT2D eigenvalue weighted by atomic mass is 9.92. The van der Waals surface area contributed by atoms with Crippen LogP contribution in [0.5, 0.6) is 0 Å². The smallest absolute Gasteiger partial charge is 0.114 e. The van der Waals surface area contributed by atoms with E-state index in [2.05, 4.69) is 0 Å². The van der Waals surface area contributed by atoms with Crippen LogP contribution in [0.25, 0.3) is 0 Å². The van der Waals surface area contributed by atoms with Crippen molar-refractivity contribution >= 4 is 5.71 Å². The molecule has 5 heteroatoms. The minimum atomic E-state index is -0.206. The third-order valence-corrected chi connectivity index (χ3v) is 4.88. The first-order chi connectivity index (χ1) is 11.6. The quantitative estimate of drug-likeness (QED) is 0.749. The third-order valence-electron chi connectivity index (χ3n) is 4.88. The van der Waals surface area contributed by atoms with Crippen LogP contribution in [0.1, 0.15) is 34.3 Å². The van der Waals surface area contributed by atoms with Crippen molar-refractivity contribution in [2.75, 3.05) is 13.2 Å². The van der Waals surface area contributed by atoms with Crippen LogP contribution in [0.4, 0.5) is 0 Å². The Morgan fingerprint density at radius 1 is 0.833 bits per heavy atom. The Balaban J connectivity index is 1.48. The minimum absolute atomic E-state index is 0.0126. The molecule has 0 spiro atoms. The van der Waals surface area contributed by atoms with Crippen molar-refractivity contribution in [3.63, 3.8) is 0 Å². The van der Waals surface area contributed by atoms with Gasteiger partial charge in [-0.25, -0.2) is 0 Å². The lowest BCUT2D eigenvalue weighted by Crippen LogP contribution is -2.44. The van der Waals surface area contributed by atoms with Crippen molar-refractivity contribution < 1.29 is 9.47 Å². The largest absolute Gasteiger partial charge is 0.370 e. The fraction of sp³-hybridized carbons (Fsp3) is 0.316. The molecule has 2 saturated heterocycles. The Morgan fingerprint density at radius 2 is 1.42 bits per heavy atom. The van der Waals surface area contributed by atoms with Crippen LogP contribution in [-0.2, 0) is 9.47 Å². The predicted molar refractivity (Wildman–Crippen MR) is 92.2 cm³/mol. The molecule has 4 atom stereocenters. The summed E-state index contributed by atoms with van der Waals surface area (Å²) in [5.41, 5.74) is 16.2. The topological polar surface area (TPSA) is 94.3 Å². The first-order valence-electron chi connectivity index (χ1n) is 8.17. The zero-order chi connectivity index (χ0) is 16.7. The van der Waals surface area contributed by atoms with E-state index in [1.165, 1.54) is 0 Å². The molecule has 0 saturated carbocycles. The minimum Gasteiger partial charge on any atom is -0.370 e.